The Balaban J connectivity index is 2.75. The van der Waals surface area contributed by atoms with Crippen molar-refractivity contribution in [1.82, 2.24) is 0 Å². The van der Waals surface area contributed by atoms with Crippen LogP contribution < -0.4 is 5.73 Å². The quantitative estimate of drug-likeness (QED) is 0.733. The molecule has 2 N–H and O–H groups in total. The lowest BCUT2D eigenvalue weighted by atomic mass is 9.97. The van der Waals surface area contributed by atoms with E-state index in [1.54, 1.807) is 12.1 Å². The van der Waals surface area contributed by atoms with Gasteiger partial charge in [0.1, 0.15) is 6.29 Å². The molecule has 1 amide bonds. The van der Waals surface area contributed by atoms with Crippen molar-refractivity contribution >= 4 is 12.2 Å². The van der Waals surface area contributed by atoms with Crippen molar-refractivity contribution in [3.8, 4) is 0 Å². The smallest absolute Gasteiger partial charge is 0.218 e. The van der Waals surface area contributed by atoms with Gasteiger partial charge in [0.05, 0.1) is 0 Å². The first-order valence-corrected chi connectivity index (χ1v) is 4.47. The van der Waals surface area contributed by atoms with E-state index in [9.17, 15) is 9.59 Å². The van der Waals surface area contributed by atoms with Crippen molar-refractivity contribution in [2.45, 2.75) is 19.3 Å². The van der Waals surface area contributed by atoms with Gasteiger partial charge in [-0.1, -0.05) is 31.2 Å². The minimum atomic E-state index is -0.308. The molecule has 1 rings (SSSR count). The summed E-state index contributed by atoms with van der Waals surface area (Å²) in [6.07, 6.45) is 1.13. The van der Waals surface area contributed by atoms with Gasteiger partial charge in [-0.15, -0.1) is 0 Å². The van der Waals surface area contributed by atoms with E-state index in [-0.39, 0.29) is 11.8 Å². The first-order valence-electron chi connectivity index (χ1n) is 4.47. The zero-order valence-electron chi connectivity index (χ0n) is 8.07. The second-order valence-corrected chi connectivity index (χ2v) is 3.36. The zero-order valence-corrected chi connectivity index (χ0v) is 8.07. The summed E-state index contributed by atoms with van der Waals surface area (Å²) in [5.74, 6) is -0.204. The van der Waals surface area contributed by atoms with Crippen LogP contribution in [-0.2, 0) is 4.79 Å². The maximum atomic E-state index is 10.7. The number of carbonyl (C=O) groups is 2. The van der Waals surface area contributed by atoms with Gasteiger partial charge in [-0.3, -0.25) is 9.59 Å². The molecule has 0 saturated heterocycles. The normalized spacial score (nSPS) is 12.1. The highest BCUT2D eigenvalue weighted by Crippen LogP contribution is 2.18. The maximum absolute atomic E-state index is 10.7. The van der Waals surface area contributed by atoms with E-state index in [4.69, 9.17) is 5.73 Å². The predicted molar refractivity (Wildman–Crippen MR) is 54.1 cm³/mol. The standard InChI is InChI=1S/C11H13NO2/c1-8(6-11(12)14)10-4-2-9(7-13)3-5-10/h2-5,7-8H,6H2,1H3,(H2,12,14)/t8-/m0/s1. The summed E-state index contributed by atoms with van der Waals surface area (Å²) in [7, 11) is 0. The summed E-state index contributed by atoms with van der Waals surface area (Å²) >= 11 is 0. The summed E-state index contributed by atoms with van der Waals surface area (Å²) < 4.78 is 0. The van der Waals surface area contributed by atoms with Crippen LogP contribution in [-0.4, -0.2) is 12.2 Å². The van der Waals surface area contributed by atoms with Gasteiger partial charge in [-0.05, 0) is 11.5 Å². The van der Waals surface area contributed by atoms with Gasteiger partial charge in [-0.2, -0.15) is 0 Å². The number of primary amides is 1. The fraction of sp³-hybridized carbons (Fsp3) is 0.273. The van der Waals surface area contributed by atoms with Crippen molar-refractivity contribution in [2.75, 3.05) is 0 Å². The average Bonchev–Trinajstić information content (AvgIpc) is 2.17. The Hall–Kier alpha value is -1.64. The molecule has 0 spiro atoms. The van der Waals surface area contributed by atoms with Gasteiger partial charge in [0, 0.05) is 12.0 Å². The minimum Gasteiger partial charge on any atom is -0.370 e. The molecule has 0 aliphatic heterocycles. The van der Waals surface area contributed by atoms with Crippen molar-refractivity contribution in [3.05, 3.63) is 35.4 Å². The van der Waals surface area contributed by atoms with Crippen LogP contribution in [0, 0.1) is 0 Å². The van der Waals surface area contributed by atoms with E-state index in [0.717, 1.165) is 11.8 Å². The Kier molecular flexibility index (Phi) is 3.40. The highest BCUT2D eigenvalue weighted by atomic mass is 16.1. The molecule has 3 nitrogen and oxygen atoms in total. The van der Waals surface area contributed by atoms with Crippen LogP contribution in [0.5, 0.6) is 0 Å². The molecule has 1 aromatic carbocycles. The number of hydrogen-bond acceptors (Lipinski definition) is 2. The van der Waals surface area contributed by atoms with Crippen LogP contribution >= 0.6 is 0 Å². The Labute approximate surface area is 82.9 Å². The molecule has 0 aromatic heterocycles. The highest BCUT2D eigenvalue weighted by molar-refractivity contribution is 5.75. The molecule has 0 aliphatic carbocycles. The summed E-state index contributed by atoms with van der Waals surface area (Å²) in [4.78, 5) is 21.1. The Morgan fingerprint density at radius 2 is 2.00 bits per heavy atom. The van der Waals surface area contributed by atoms with Crippen LogP contribution in [0.4, 0.5) is 0 Å². The number of rotatable bonds is 4. The number of nitrogens with two attached hydrogens (primary N) is 1. The van der Waals surface area contributed by atoms with Crippen LogP contribution in [0.2, 0.25) is 0 Å². The van der Waals surface area contributed by atoms with Crippen molar-refractivity contribution in [2.24, 2.45) is 5.73 Å². The molecule has 3 heteroatoms. The fourth-order valence-electron chi connectivity index (χ4n) is 1.32. The molecule has 14 heavy (non-hydrogen) atoms. The molecule has 0 fully saturated rings. The van der Waals surface area contributed by atoms with Gasteiger partial charge in [0.2, 0.25) is 5.91 Å². The van der Waals surface area contributed by atoms with Gasteiger partial charge >= 0.3 is 0 Å². The third-order valence-corrected chi connectivity index (χ3v) is 2.15. The molecule has 0 radical (unpaired) electrons. The van der Waals surface area contributed by atoms with Crippen molar-refractivity contribution < 1.29 is 9.59 Å². The van der Waals surface area contributed by atoms with Crippen LogP contribution in [0.1, 0.15) is 35.2 Å². The summed E-state index contributed by atoms with van der Waals surface area (Å²) in [6, 6.07) is 7.16. The first kappa shape index (κ1) is 10.4. The lowest BCUT2D eigenvalue weighted by Gasteiger charge is -2.08. The third-order valence-electron chi connectivity index (χ3n) is 2.15. The van der Waals surface area contributed by atoms with E-state index in [0.29, 0.717) is 12.0 Å². The molecule has 0 heterocycles. The number of hydrogen-bond donors (Lipinski definition) is 1. The van der Waals surface area contributed by atoms with Gasteiger partial charge in [0.15, 0.2) is 0 Å². The molecular weight excluding hydrogens is 178 g/mol. The monoisotopic (exact) mass is 191 g/mol. The van der Waals surface area contributed by atoms with Gasteiger partial charge in [-0.25, -0.2) is 0 Å². The van der Waals surface area contributed by atoms with Crippen LogP contribution in [0.25, 0.3) is 0 Å². The molecule has 0 aliphatic rings. The topological polar surface area (TPSA) is 60.2 Å². The number of aldehydes is 1. The summed E-state index contributed by atoms with van der Waals surface area (Å²) in [6.45, 7) is 1.93. The number of benzene rings is 1. The third kappa shape index (κ3) is 2.69. The van der Waals surface area contributed by atoms with E-state index in [2.05, 4.69) is 0 Å². The van der Waals surface area contributed by atoms with E-state index in [1.165, 1.54) is 0 Å². The van der Waals surface area contributed by atoms with Crippen molar-refractivity contribution in [3.63, 3.8) is 0 Å². The molecular formula is C11H13NO2. The van der Waals surface area contributed by atoms with Crippen LogP contribution in [0.3, 0.4) is 0 Å². The van der Waals surface area contributed by atoms with Crippen molar-refractivity contribution in [1.29, 1.82) is 0 Å². The SMILES string of the molecule is C[C@@H](CC(N)=O)c1ccc(C=O)cc1. The minimum absolute atomic E-state index is 0.105. The Bertz CT molecular complexity index is 330. The highest BCUT2D eigenvalue weighted by Gasteiger charge is 2.08. The second-order valence-electron chi connectivity index (χ2n) is 3.36. The predicted octanol–water partition coefficient (Wildman–Crippen LogP) is 1.48. The van der Waals surface area contributed by atoms with Gasteiger partial charge < -0.3 is 5.73 Å². The zero-order chi connectivity index (χ0) is 10.6. The van der Waals surface area contributed by atoms with E-state index < -0.39 is 0 Å². The molecule has 0 bridgehead atoms. The average molecular weight is 191 g/mol. The molecule has 0 unspecified atom stereocenters. The lowest BCUT2D eigenvalue weighted by Crippen LogP contribution is -2.13. The molecule has 74 valence electrons. The number of carbonyl (C=O) groups excluding carboxylic acids is 2. The Morgan fingerprint density at radius 1 is 1.43 bits per heavy atom. The lowest BCUT2D eigenvalue weighted by molar-refractivity contribution is -0.118. The molecule has 1 aromatic rings. The first-order chi connectivity index (χ1) is 6.63. The van der Waals surface area contributed by atoms with E-state index in [1.807, 2.05) is 19.1 Å². The van der Waals surface area contributed by atoms with E-state index >= 15 is 0 Å². The summed E-state index contributed by atoms with van der Waals surface area (Å²) in [5.41, 5.74) is 6.75. The molecule has 0 saturated carbocycles. The fourth-order valence-corrected chi connectivity index (χ4v) is 1.32. The number of amides is 1. The maximum Gasteiger partial charge on any atom is 0.218 e. The molecule has 1 atom stereocenters. The largest absolute Gasteiger partial charge is 0.370 e. The van der Waals surface area contributed by atoms with Gasteiger partial charge in [0.25, 0.3) is 0 Å². The van der Waals surface area contributed by atoms with Crippen LogP contribution in [0.15, 0.2) is 24.3 Å². The summed E-state index contributed by atoms with van der Waals surface area (Å²) in [5, 5.41) is 0. The second kappa shape index (κ2) is 4.56. The Morgan fingerprint density at radius 3 is 2.43 bits per heavy atom.